The molecular weight excluding hydrogens is 283 g/mol. The van der Waals surface area contributed by atoms with Crippen LogP contribution in [0, 0.1) is 11.7 Å². The second-order valence-corrected chi connectivity index (χ2v) is 6.23. The average Bonchev–Trinajstić information content (AvgIpc) is 2.49. The van der Waals surface area contributed by atoms with E-state index in [0.29, 0.717) is 18.6 Å². The van der Waals surface area contributed by atoms with E-state index in [0.717, 1.165) is 32.5 Å². The number of nitrogens with one attached hydrogen (secondary N) is 1. The Morgan fingerprint density at radius 3 is 2.68 bits per heavy atom. The molecule has 0 saturated carbocycles. The minimum Gasteiger partial charge on any atom is -0.378 e. The molecule has 1 aromatic rings. The Kier molecular flexibility index (Phi) is 6.34. The van der Waals surface area contributed by atoms with Gasteiger partial charge in [-0.05, 0) is 30.9 Å². The van der Waals surface area contributed by atoms with E-state index in [2.05, 4.69) is 24.1 Å². The second-order valence-electron chi connectivity index (χ2n) is 6.23. The van der Waals surface area contributed by atoms with E-state index in [1.165, 1.54) is 6.07 Å². The first-order valence-electron chi connectivity index (χ1n) is 7.93. The van der Waals surface area contributed by atoms with Crippen molar-refractivity contribution in [1.82, 2.24) is 4.90 Å². The van der Waals surface area contributed by atoms with Gasteiger partial charge in [-0.3, -0.25) is 9.69 Å². The number of amides is 1. The molecule has 0 spiro atoms. The van der Waals surface area contributed by atoms with E-state index < -0.39 is 5.82 Å². The van der Waals surface area contributed by atoms with Crippen molar-refractivity contribution in [3.05, 3.63) is 30.1 Å². The summed E-state index contributed by atoms with van der Waals surface area (Å²) in [6, 6.07) is 6.22. The SMILES string of the molecule is CC(C)COC1CCN(CC(=O)Nc2ccccc2F)CC1. The summed E-state index contributed by atoms with van der Waals surface area (Å²) in [5.74, 6) is -0.0344. The third-order valence-electron chi connectivity index (χ3n) is 3.72. The van der Waals surface area contributed by atoms with Crippen LogP contribution in [0.2, 0.25) is 0 Å². The molecule has 2 rings (SSSR count). The van der Waals surface area contributed by atoms with Crippen LogP contribution in [-0.4, -0.2) is 43.2 Å². The first-order valence-corrected chi connectivity index (χ1v) is 7.93. The molecule has 1 aromatic carbocycles. The summed E-state index contributed by atoms with van der Waals surface area (Å²) in [5.41, 5.74) is 0.239. The summed E-state index contributed by atoms with van der Waals surface area (Å²) >= 11 is 0. The summed E-state index contributed by atoms with van der Waals surface area (Å²) in [5, 5.41) is 2.62. The molecule has 0 unspecified atom stereocenters. The maximum Gasteiger partial charge on any atom is 0.238 e. The topological polar surface area (TPSA) is 41.6 Å². The number of hydrogen-bond donors (Lipinski definition) is 1. The molecule has 1 aliphatic rings. The van der Waals surface area contributed by atoms with Crippen LogP contribution in [0.1, 0.15) is 26.7 Å². The highest BCUT2D eigenvalue weighted by Crippen LogP contribution is 2.16. The van der Waals surface area contributed by atoms with Crippen LogP contribution in [0.3, 0.4) is 0 Å². The van der Waals surface area contributed by atoms with E-state index >= 15 is 0 Å². The van der Waals surface area contributed by atoms with Crippen LogP contribution in [0.5, 0.6) is 0 Å². The minimum absolute atomic E-state index is 0.174. The highest BCUT2D eigenvalue weighted by atomic mass is 19.1. The molecule has 1 saturated heterocycles. The Balaban J connectivity index is 1.72. The normalized spacial score (nSPS) is 16.9. The highest BCUT2D eigenvalue weighted by Gasteiger charge is 2.21. The third kappa shape index (κ3) is 5.39. The van der Waals surface area contributed by atoms with Gasteiger partial charge in [0.25, 0.3) is 0 Å². The number of para-hydroxylation sites is 1. The van der Waals surface area contributed by atoms with Crippen molar-refractivity contribution in [2.24, 2.45) is 5.92 Å². The molecule has 122 valence electrons. The maximum atomic E-state index is 13.5. The number of anilines is 1. The zero-order chi connectivity index (χ0) is 15.9. The molecule has 22 heavy (non-hydrogen) atoms. The molecule has 0 aliphatic carbocycles. The van der Waals surface area contributed by atoms with Crippen molar-refractivity contribution in [3.63, 3.8) is 0 Å². The minimum atomic E-state index is -0.406. The first kappa shape index (κ1) is 16.9. The van der Waals surface area contributed by atoms with Crippen molar-refractivity contribution in [3.8, 4) is 0 Å². The maximum absolute atomic E-state index is 13.5. The summed E-state index contributed by atoms with van der Waals surface area (Å²) in [4.78, 5) is 14.1. The molecule has 1 N–H and O–H groups in total. The molecule has 4 nitrogen and oxygen atoms in total. The summed E-state index contributed by atoms with van der Waals surface area (Å²) in [6.07, 6.45) is 2.19. The second kappa shape index (κ2) is 8.25. The van der Waals surface area contributed by atoms with E-state index in [1.807, 2.05) is 0 Å². The molecule has 0 radical (unpaired) electrons. The fourth-order valence-corrected chi connectivity index (χ4v) is 2.52. The number of benzene rings is 1. The number of nitrogens with zero attached hydrogens (tertiary/aromatic N) is 1. The van der Waals surface area contributed by atoms with Gasteiger partial charge < -0.3 is 10.1 Å². The molecule has 1 amide bonds. The van der Waals surface area contributed by atoms with E-state index in [4.69, 9.17) is 4.74 Å². The Labute approximate surface area is 131 Å². The van der Waals surface area contributed by atoms with Gasteiger partial charge in [0.15, 0.2) is 0 Å². The van der Waals surface area contributed by atoms with Crippen molar-refractivity contribution in [2.75, 3.05) is 31.6 Å². The van der Waals surface area contributed by atoms with E-state index in [-0.39, 0.29) is 11.6 Å². The van der Waals surface area contributed by atoms with E-state index in [9.17, 15) is 9.18 Å². The average molecular weight is 308 g/mol. The number of likely N-dealkylation sites (tertiary alicyclic amines) is 1. The number of piperidine rings is 1. The standard InChI is InChI=1S/C17H25FN2O2/c1-13(2)12-22-14-7-9-20(10-8-14)11-17(21)19-16-6-4-3-5-15(16)18/h3-6,13-14H,7-12H2,1-2H3,(H,19,21). The molecular formula is C17H25FN2O2. The van der Waals surface area contributed by atoms with Crippen LogP contribution in [-0.2, 0) is 9.53 Å². The van der Waals surface area contributed by atoms with Gasteiger partial charge in [-0.25, -0.2) is 4.39 Å². The third-order valence-corrected chi connectivity index (χ3v) is 3.72. The van der Waals surface area contributed by atoms with Gasteiger partial charge in [0.05, 0.1) is 18.3 Å². The molecule has 0 atom stereocenters. The number of halogens is 1. The smallest absolute Gasteiger partial charge is 0.238 e. The van der Waals surface area contributed by atoms with Crippen LogP contribution < -0.4 is 5.32 Å². The quantitative estimate of drug-likeness (QED) is 0.878. The Morgan fingerprint density at radius 2 is 2.05 bits per heavy atom. The van der Waals surface area contributed by atoms with Crippen LogP contribution in [0.15, 0.2) is 24.3 Å². The fraction of sp³-hybridized carbons (Fsp3) is 0.588. The molecule has 0 bridgehead atoms. The predicted molar refractivity (Wildman–Crippen MR) is 85.3 cm³/mol. The first-order chi connectivity index (χ1) is 10.5. The largest absolute Gasteiger partial charge is 0.378 e. The summed E-state index contributed by atoms with van der Waals surface area (Å²) < 4.78 is 19.3. The summed E-state index contributed by atoms with van der Waals surface area (Å²) in [6.45, 7) is 7.05. The molecule has 1 aliphatic heterocycles. The Morgan fingerprint density at radius 1 is 1.36 bits per heavy atom. The van der Waals surface area contributed by atoms with Crippen molar-refractivity contribution >= 4 is 11.6 Å². The molecule has 1 fully saturated rings. The van der Waals surface area contributed by atoms with Crippen LogP contribution >= 0.6 is 0 Å². The number of rotatable bonds is 6. The highest BCUT2D eigenvalue weighted by molar-refractivity contribution is 5.92. The van der Waals surface area contributed by atoms with Crippen molar-refractivity contribution in [2.45, 2.75) is 32.8 Å². The number of hydrogen-bond acceptors (Lipinski definition) is 3. The number of ether oxygens (including phenoxy) is 1. The van der Waals surface area contributed by atoms with Gasteiger partial charge in [-0.15, -0.1) is 0 Å². The van der Waals surface area contributed by atoms with Crippen LogP contribution in [0.25, 0.3) is 0 Å². The van der Waals surface area contributed by atoms with Gasteiger partial charge in [0.1, 0.15) is 5.82 Å². The van der Waals surface area contributed by atoms with E-state index in [1.54, 1.807) is 18.2 Å². The molecule has 5 heteroatoms. The molecule has 1 heterocycles. The van der Waals surface area contributed by atoms with Gasteiger partial charge in [-0.1, -0.05) is 26.0 Å². The lowest BCUT2D eigenvalue weighted by molar-refractivity contribution is -0.118. The van der Waals surface area contributed by atoms with Gasteiger partial charge in [-0.2, -0.15) is 0 Å². The van der Waals surface area contributed by atoms with Crippen molar-refractivity contribution < 1.29 is 13.9 Å². The lowest BCUT2D eigenvalue weighted by atomic mass is 10.1. The molecule has 0 aromatic heterocycles. The number of carbonyl (C=O) groups is 1. The van der Waals surface area contributed by atoms with Gasteiger partial charge >= 0.3 is 0 Å². The van der Waals surface area contributed by atoms with Crippen molar-refractivity contribution in [1.29, 1.82) is 0 Å². The van der Waals surface area contributed by atoms with Crippen LogP contribution in [0.4, 0.5) is 10.1 Å². The zero-order valence-electron chi connectivity index (χ0n) is 13.3. The fourth-order valence-electron chi connectivity index (χ4n) is 2.52. The lowest BCUT2D eigenvalue weighted by Crippen LogP contribution is -2.41. The zero-order valence-corrected chi connectivity index (χ0v) is 13.3. The Hall–Kier alpha value is -1.46. The monoisotopic (exact) mass is 308 g/mol. The predicted octanol–water partition coefficient (Wildman–Crippen LogP) is 2.90. The van der Waals surface area contributed by atoms with Gasteiger partial charge in [0.2, 0.25) is 5.91 Å². The van der Waals surface area contributed by atoms with Gasteiger partial charge in [0, 0.05) is 19.7 Å². The lowest BCUT2D eigenvalue weighted by Gasteiger charge is -2.31. The number of carbonyl (C=O) groups excluding carboxylic acids is 1. The Bertz CT molecular complexity index is 485. The summed E-state index contributed by atoms with van der Waals surface area (Å²) in [7, 11) is 0.